The molecule has 0 bridgehead atoms. The van der Waals surface area contributed by atoms with E-state index in [1.165, 1.54) is 22.5 Å². The van der Waals surface area contributed by atoms with Crippen LogP contribution in [0.4, 0.5) is 5.69 Å². The molecule has 0 aliphatic heterocycles. The molecule has 1 N–H and O–H groups in total. The van der Waals surface area contributed by atoms with Crippen LogP contribution < -0.4 is 5.32 Å². The molecular weight excluding hydrogens is 442 g/mol. The molecule has 0 fully saturated rings. The highest BCUT2D eigenvalue weighted by Crippen LogP contribution is 2.32. The zero-order valence-corrected chi connectivity index (χ0v) is 16.2. The lowest BCUT2D eigenvalue weighted by molar-refractivity contribution is 0.103. The van der Waals surface area contributed by atoms with E-state index in [-0.39, 0.29) is 5.91 Å². The van der Waals surface area contributed by atoms with Crippen molar-refractivity contribution in [3.63, 3.8) is 0 Å². The fraction of sp³-hybridized carbons (Fsp3) is 0.125. The fourth-order valence-corrected chi connectivity index (χ4v) is 4.09. The first-order valence-corrected chi connectivity index (χ1v) is 9.26. The highest BCUT2D eigenvalue weighted by atomic mass is 79.9. The van der Waals surface area contributed by atoms with Crippen LogP contribution in [-0.2, 0) is 6.54 Å². The molecule has 0 saturated carbocycles. The number of amides is 1. The van der Waals surface area contributed by atoms with Crippen molar-refractivity contribution in [3.8, 4) is 0 Å². The molecule has 2 aromatic heterocycles. The first-order chi connectivity index (χ1) is 11.0. The maximum atomic E-state index is 12.2. The van der Waals surface area contributed by atoms with Gasteiger partial charge in [-0.2, -0.15) is 5.10 Å². The van der Waals surface area contributed by atoms with Gasteiger partial charge in [0.2, 0.25) is 0 Å². The normalized spacial score (nSPS) is 10.7. The van der Waals surface area contributed by atoms with Crippen molar-refractivity contribution in [2.75, 3.05) is 5.32 Å². The Morgan fingerprint density at radius 1 is 1.35 bits per heavy atom. The maximum Gasteiger partial charge on any atom is 0.265 e. The van der Waals surface area contributed by atoms with Gasteiger partial charge in [-0.3, -0.25) is 9.48 Å². The average Bonchev–Trinajstić information content (AvgIpc) is 3.06. The lowest BCUT2D eigenvalue weighted by Crippen LogP contribution is -2.09. The average molecular weight is 455 g/mol. The highest BCUT2D eigenvalue weighted by Gasteiger charge is 2.13. The van der Waals surface area contributed by atoms with Crippen molar-refractivity contribution >= 4 is 54.8 Å². The van der Waals surface area contributed by atoms with E-state index in [2.05, 4.69) is 67.4 Å². The van der Waals surface area contributed by atoms with Crippen LogP contribution in [0.25, 0.3) is 0 Å². The first kappa shape index (κ1) is 16.4. The first-order valence-electron chi connectivity index (χ1n) is 6.85. The summed E-state index contributed by atoms with van der Waals surface area (Å²) in [4.78, 5) is 12.8. The third-order valence-corrected chi connectivity index (χ3v) is 6.44. The number of nitrogens with zero attached hydrogens (tertiary/aromatic N) is 2. The van der Waals surface area contributed by atoms with Crippen molar-refractivity contribution in [3.05, 3.63) is 67.0 Å². The molecule has 4 nitrogen and oxygen atoms in total. The number of anilines is 1. The van der Waals surface area contributed by atoms with E-state index in [0.717, 1.165) is 8.26 Å². The van der Waals surface area contributed by atoms with Crippen molar-refractivity contribution in [1.82, 2.24) is 9.78 Å². The highest BCUT2D eigenvalue weighted by molar-refractivity contribution is 9.13. The van der Waals surface area contributed by atoms with Gasteiger partial charge >= 0.3 is 0 Å². The Kier molecular flexibility index (Phi) is 4.99. The van der Waals surface area contributed by atoms with Gasteiger partial charge in [0.15, 0.2) is 0 Å². The second-order valence-electron chi connectivity index (χ2n) is 5.10. The molecule has 2 heterocycles. The van der Waals surface area contributed by atoms with Gasteiger partial charge in [0.1, 0.15) is 0 Å². The van der Waals surface area contributed by atoms with Gasteiger partial charge in [-0.25, -0.2) is 0 Å². The van der Waals surface area contributed by atoms with Crippen LogP contribution in [0.5, 0.6) is 0 Å². The van der Waals surface area contributed by atoms with E-state index in [1.807, 2.05) is 16.9 Å². The quantitative estimate of drug-likeness (QED) is 0.597. The van der Waals surface area contributed by atoms with Crippen molar-refractivity contribution in [2.24, 2.45) is 0 Å². The summed E-state index contributed by atoms with van der Waals surface area (Å²) >= 11 is 8.16. The number of hydrogen-bond acceptors (Lipinski definition) is 3. The number of nitrogens with one attached hydrogen (secondary N) is 1. The fourth-order valence-electron chi connectivity index (χ4n) is 2.16. The summed E-state index contributed by atoms with van der Waals surface area (Å²) < 4.78 is 3.59. The van der Waals surface area contributed by atoms with Crippen LogP contribution in [0.15, 0.2) is 51.0 Å². The van der Waals surface area contributed by atoms with Gasteiger partial charge in [-0.15, -0.1) is 11.3 Å². The zero-order valence-electron chi connectivity index (χ0n) is 12.2. The van der Waals surface area contributed by atoms with Crippen molar-refractivity contribution in [2.45, 2.75) is 13.5 Å². The number of thiophene rings is 1. The summed E-state index contributed by atoms with van der Waals surface area (Å²) in [6.45, 7) is 2.74. The molecule has 0 atom stereocenters. The SMILES string of the molecule is Cc1cccc(Cn2cc(NC(=O)c3cc(Br)c(Br)s3)cn2)c1. The van der Waals surface area contributed by atoms with Crippen LogP contribution >= 0.6 is 43.2 Å². The monoisotopic (exact) mass is 453 g/mol. The molecule has 0 spiro atoms. The Labute approximate surface area is 154 Å². The number of aromatic nitrogens is 2. The Bertz CT molecular complexity index is 837. The molecule has 23 heavy (non-hydrogen) atoms. The van der Waals surface area contributed by atoms with Crippen LogP contribution in [0.3, 0.4) is 0 Å². The molecule has 0 radical (unpaired) electrons. The van der Waals surface area contributed by atoms with Crippen LogP contribution in [0.2, 0.25) is 0 Å². The second kappa shape index (κ2) is 6.98. The molecule has 0 aliphatic rings. The number of halogens is 2. The molecule has 118 valence electrons. The molecule has 7 heteroatoms. The number of benzene rings is 1. The van der Waals surface area contributed by atoms with Gasteiger partial charge in [-0.1, -0.05) is 29.8 Å². The van der Waals surface area contributed by atoms with Crippen LogP contribution in [-0.4, -0.2) is 15.7 Å². The van der Waals surface area contributed by atoms with Crippen LogP contribution in [0.1, 0.15) is 20.8 Å². The van der Waals surface area contributed by atoms with Crippen LogP contribution in [0, 0.1) is 6.92 Å². The standard InChI is InChI=1S/C16H13Br2N3OS/c1-10-3-2-4-11(5-10)8-21-9-12(7-19-21)20-16(22)14-6-13(17)15(18)23-14/h2-7,9H,8H2,1H3,(H,20,22). The molecule has 0 aliphatic carbocycles. The zero-order chi connectivity index (χ0) is 16.4. The second-order valence-corrected chi connectivity index (χ2v) is 8.33. The number of aryl methyl sites for hydroxylation is 1. The minimum atomic E-state index is -0.142. The van der Waals surface area contributed by atoms with Gasteiger partial charge in [-0.05, 0) is 50.4 Å². The van der Waals surface area contributed by atoms with Crippen molar-refractivity contribution < 1.29 is 4.79 Å². The van der Waals surface area contributed by atoms with Gasteiger partial charge < -0.3 is 5.32 Å². The number of carbonyl (C=O) groups is 1. The van der Waals surface area contributed by atoms with Gasteiger partial charge in [0.25, 0.3) is 5.91 Å². The predicted octanol–water partition coefficient (Wildman–Crippen LogP) is 5.08. The van der Waals surface area contributed by atoms with E-state index in [9.17, 15) is 4.79 Å². The Balaban J connectivity index is 1.68. The summed E-state index contributed by atoms with van der Waals surface area (Å²) in [7, 11) is 0. The third-order valence-electron chi connectivity index (χ3n) is 3.19. The number of hydrogen-bond donors (Lipinski definition) is 1. The molecule has 1 amide bonds. The smallest absolute Gasteiger partial charge is 0.265 e. The van der Waals surface area contributed by atoms with Gasteiger partial charge in [0.05, 0.1) is 27.1 Å². The molecule has 3 aromatic rings. The third kappa shape index (κ3) is 4.10. The predicted molar refractivity (Wildman–Crippen MR) is 100 cm³/mol. The maximum absolute atomic E-state index is 12.2. The Morgan fingerprint density at radius 2 is 2.17 bits per heavy atom. The van der Waals surface area contributed by atoms with E-state index in [0.29, 0.717) is 17.1 Å². The molecule has 0 saturated heterocycles. The minimum Gasteiger partial charge on any atom is -0.319 e. The summed E-state index contributed by atoms with van der Waals surface area (Å²) in [5.41, 5.74) is 3.08. The van der Waals surface area contributed by atoms with Crippen molar-refractivity contribution in [1.29, 1.82) is 0 Å². The Morgan fingerprint density at radius 3 is 2.87 bits per heavy atom. The molecular formula is C16H13Br2N3OS. The van der Waals surface area contributed by atoms with E-state index in [1.54, 1.807) is 12.3 Å². The van der Waals surface area contributed by atoms with E-state index in [4.69, 9.17) is 0 Å². The van der Waals surface area contributed by atoms with E-state index >= 15 is 0 Å². The lowest BCUT2D eigenvalue weighted by Gasteiger charge is -2.03. The lowest BCUT2D eigenvalue weighted by atomic mass is 10.1. The summed E-state index contributed by atoms with van der Waals surface area (Å²) in [6, 6.07) is 10.1. The molecule has 3 rings (SSSR count). The summed E-state index contributed by atoms with van der Waals surface area (Å²) in [5, 5.41) is 7.16. The van der Waals surface area contributed by atoms with E-state index < -0.39 is 0 Å². The molecule has 1 aromatic carbocycles. The summed E-state index contributed by atoms with van der Waals surface area (Å²) in [6.07, 6.45) is 3.49. The number of rotatable bonds is 4. The topological polar surface area (TPSA) is 46.9 Å². The summed E-state index contributed by atoms with van der Waals surface area (Å²) in [5.74, 6) is -0.142. The largest absolute Gasteiger partial charge is 0.319 e. The van der Waals surface area contributed by atoms with Gasteiger partial charge in [0, 0.05) is 10.7 Å². The Hall–Kier alpha value is -1.44. The number of carbonyl (C=O) groups excluding carboxylic acids is 1. The minimum absolute atomic E-state index is 0.142. The molecule has 0 unspecified atom stereocenters.